The van der Waals surface area contributed by atoms with Crippen LogP contribution >= 0.6 is 0 Å². The number of methoxy groups -OCH3 is 1. The SMILES string of the molecule is COc1ccc(OC2CCCCCC2)c(C#CCO)c1. The van der Waals surface area contributed by atoms with E-state index in [-0.39, 0.29) is 12.7 Å². The maximum Gasteiger partial charge on any atom is 0.135 e. The summed E-state index contributed by atoms with van der Waals surface area (Å²) < 4.78 is 11.3. The van der Waals surface area contributed by atoms with Crippen LogP contribution in [0.5, 0.6) is 11.5 Å². The van der Waals surface area contributed by atoms with Crippen molar-refractivity contribution in [2.75, 3.05) is 13.7 Å². The van der Waals surface area contributed by atoms with Gasteiger partial charge in [0.25, 0.3) is 0 Å². The van der Waals surface area contributed by atoms with Crippen molar-refractivity contribution >= 4 is 0 Å². The summed E-state index contributed by atoms with van der Waals surface area (Å²) in [5.41, 5.74) is 0.780. The van der Waals surface area contributed by atoms with E-state index in [9.17, 15) is 0 Å². The van der Waals surface area contributed by atoms with Crippen molar-refractivity contribution in [2.24, 2.45) is 0 Å². The summed E-state index contributed by atoms with van der Waals surface area (Å²) >= 11 is 0. The van der Waals surface area contributed by atoms with Crippen LogP contribution in [0.4, 0.5) is 0 Å². The summed E-state index contributed by atoms with van der Waals surface area (Å²) in [7, 11) is 1.63. The first-order valence-electron chi connectivity index (χ1n) is 7.28. The highest BCUT2D eigenvalue weighted by molar-refractivity contribution is 5.50. The van der Waals surface area contributed by atoms with E-state index in [2.05, 4.69) is 11.8 Å². The van der Waals surface area contributed by atoms with Gasteiger partial charge in [0, 0.05) is 0 Å². The summed E-state index contributed by atoms with van der Waals surface area (Å²) in [4.78, 5) is 0. The van der Waals surface area contributed by atoms with Gasteiger partial charge in [0.05, 0.1) is 18.8 Å². The maximum atomic E-state index is 8.86. The van der Waals surface area contributed by atoms with E-state index in [1.54, 1.807) is 7.11 Å². The zero-order chi connectivity index (χ0) is 14.2. The molecule has 1 aliphatic carbocycles. The van der Waals surface area contributed by atoms with E-state index in [0.29, 0.717) is 0 Å². The van der Waals surface area contributed by atoms with Crippen LogP contribution in [0.15, 0.2) is 18.2 Å². The third kappa shape index (κ3) is 4.18. The molecule has 3 nitrogen and oxygen atoms in total. The molecule has 0 aliphatic heterocycles. The second-order valence-corrected chi connectivity index (χ2v) is 5.05. The Morgan fingerprint density at radius 1 is 1.20 bits per heavy atom. The lowest BCUT2D eigenvalue weighted by atomic mass is 10.1. The number of benzene rings is 1. The Balaban J connectivity index is 2.16. The summed E-state index contributed by atoms with van der Waals surface area (Å²) in [6.45, 7) is -0.153. The Hall–Kier alpha value is -1.66. The first-order valence-corrected chi connectivity index (χ1v) is 7.28. The minimum atomic E-state index is -0.153. The van der Waals surface area contributed by atoms with Crippen molar-refractivity contribution in [3.63, 3.8) is 0 Å². The zero-order valence-corrected chi connectivity index (χ0v) is 12.0. The number of hydrogen-bond acceptors (Lipinski definition) is 3. The van der Waals surface area contributed by atoms with Gasteiger partial charge in [0.15, 0.2) is 0 Å². The Morgan fingerprint density at radius 3 is 2.60 bits per heavy atom. The van der Waals surface area contributed by atoms with Crippen LogP contribution in [0.3, 0.4) is 0 Å². The minimum Gasteiger partial charge on any atom is -0.497 e. The molecule has 0 atom stereocenters. The first-order chi connectivity index (χ1) is 9.83. The van der Waals surface area contributed by atoms with Gasteiger partial charge in [0.2, 0.25) is 0 Å². The predicted octanol–water partition coefficient (Wildman–Crippen LogP) is 3.14. The van der Waals surface area contributed by atoms with E-state index in [1.807, 2.05) is 18.2 Å². The van der Waals surface area contributed by atoms with Crippen molar-refractivity contribution < 1.29 is 14.6 Å². The smallest absolute Gasteiger partial charge is 0.135 e. The Morgan fingerprint density at radius 2 is 1.95 bits per heavy atom. The predicted molar refractivity (Wildman–Crippen MR) is 79.1 cm³/mol. The van der Waals surface area contributed by atoms with Crippen molar-refractivity contribution in [2.45, 2.75) is 44.6 Å². The summed E-state index contributed by atoms with van der Waals surface area (Å²) in [5.74, 6) is 7.15. The Kier molecular flexibility index (Phi) is 5.76. The van der Waals surface area contributed by atoms with Gasteiger partial charge in [-0.15, -0.1) is 0 Å². The molecule has 108 valence electrons. The van der Waals surface area contributed by atoms with Crippen LogP contribution in [0.2, 0.25) is 0 Å². The van der Waals surface area contributed by atoms with Crippen molar-refractivity contribution in [3.8, 4) is 23.3 Å². The van der Waals surface area contributed by atoms with Crippen LogP contribution in [-0.4, -0.2) is 24.9 Å². The molecule has 0 heterocycles. The van der Waals surface area contributed by atoms with E-state index in [0.717, 1.165) is 29.9 Å². The van der Waals surface area contributed by atoms with E-state index in [1.165, 1.54) is 25.7 Å². The largest absolute Gasteiger partial charge is 0.497 e. The molecule has 0 spiro atoms. The van der Waals surface area contributed by atoms with Crippen LogP contribution < -0.4 is 9.47 Å². The third-order valence-corrected chi connectivity index (χ3v) is 3.58. The molecule has 1 saturated carbocycles. The molecule has 1 aliphatic rings. The molecule has 20 heavy (non-hydrogen) atoms. The molecule has 0 unspecified atom stereocenters. The molecular weight excluding hydrogens is 252 g/mol. The average molecular weight is 274 g/mol. The van der Waals surface area contributed by atoms with E-state index < -0.39 is 0 Å². The average Bonchev–Trinajstić information content (AvgIpc) is 2.75. The molecule has 1 aromatic rings. The minimum absolute atomic E-state index is 0.153. The molecular formula is C17H22O3. The molecule has 0 amide bonds. The Labute approximate surface area is 120 Å². The molecule has 1 N–H and O–H groups in total. The van der Waals surface area contributed by atoms with Gasteiger partial charge in [-0.25, -0.2) is 0 Å². The zero-order valence-electron chi connectivity index (χ0n) is 12.0. The molecule has 0 radical (unpaired) electrons. The molecule has 1 aromatic carbocycles. The van der Waals surface area contributed by atoms with Gasteiger partial charge in [-0.2, -0.15) is 0 Å². The van der Waals surface area contributed by atoms with Crippen molar-refractivity contribution in [3.05, 3.63) is 23.8 Å². The first kappa shape index (κ1) is 14.7. The van der Waals surface area contributed by atoms with Crippen LogP contribution in [0, 0.1) is 11.8 Å². The standard InChI is InChI=1S/C17H22O3/c1-19-16-10-11-17(14(13-16)7-6-12-18)20-15-8-4-2-3-5-9-15/h10-11,13,15,18H,2-5,8-9,12H2,1H3. The molecule has 0 aromatic heterocycles. The van der Waals surface area contributed by atoms with Crippen molar-refractivity contribution in [1.29, 1.82) is 0 Å². The Bertz CT molecular complexity index is 477. The lowest BCUT2D eigenvalue weighted by Gasteiger charge is -2.18. The van der Waals surface area contributed by atoms with Crippen molar-refractivity contribution in [1.82, 2.24) is 0 Å². The fraction of sp³-hybridized carbons (Fsp3) is 0.529. The number of aliphatic hydroxyl groups excluding tert-OH is 1. The lowest BCUT2D eigenvalue weighted by molar-refractivity contribution is 0.183. The summed E-state index contributed by atoms with van der Waals surface area (Å²) in [6.07, 6.45) is 7.58. The highest BCUT2D eigenvalue weighted by atomic mass is 16.5. The summed E-state index contributed by atoms with van der Waals surface area (Å²) in [6, 6.07) is 5.65. The van der Waals surface area contributed by atoms with Gasteiger partial charge in [0.1, 0.15) is 18.1 Å². The fourth-order valence-corrected chi connectivity index (χ4v) is 2.51. The molecule has 3 heteroatoms. The van der Waals surface area contributed by atoms with Crippen LogP contribution in [-0.2, 0) is 0 Å². The number of aliphatic hydroxyl groups is 1. The van der Waals surface area contributed by atoms with E-state index >= 15 is 0 Å². The quantitative estimate of drug-likeness (QED) is 0.680. The molecule has 1 fully saturated rings. The number of rotatable bonds is 3. The van der Waals surface area contributed by atoms with Gasteiger partial charge in [-0.3, -0.25) is 0 Å². The second-order valence-electron chi connectivity index (χ2n) is 5.05. The molecule has 0 bridgehead atoms. The third-order valence-electron chi connectivity index (χ3n) is 3.58. The monoisotopic (exact) mass is 274 g/mol. The highest BCUT2D eigenvalue weighted by Crippen LogP contribution is 2.28. The topological polar surface area (TPSA) is 38.7 Å². The van der Waals surface area contributed by atoms with Crippen LogP contribution in [0.1, 0.15) is 44.1 Å². The van der Waals surface area contributed by atoms with Gasteiger partial charge in [-0.1, -0.05) is 24.7 Å². The van der Waals surface area contributed by atoms with Gasteiger partial charge in [-0.05, 0) is 43.9 Å². The van der Waals surface area contributed by atoms with E-state index in [4.69, 9.17) is 14.6 Å². The van der Waals surface area contributed by atoms with Gasteiger partial charge >= 0.3 is 0 Å². The van der Waals surface area contributed by atoms with Gasteiger partial charge < -0.3 is 14.6 Å². The number of ether oxygens (including phenoxy) is 2. The second kappa shape index (κ2) is 7.81. The fourth-order valence-electron chi connectivity index (χ4n) is 2.51. The lowest BCUT2D eigenvalue weighted by Crippen LogP contribution is -2.15. The summed E-state index contributed by atoms with van der Waals surface area (Å²) in [5, 5.41) is 8.86. The molecule has 0 saturated heterocycles. The van der Waals surface area contributed by atoms with Crippen LogP contribution in [0.25, 0.3) is 0 Å². The maximum absolute atomic E-state index is 8.86. The highest BCUT2D eigenvalue weighted by Gasteiger charge is 2.15. The number of hydrogen-bond donors (Lipinski definition) is 1. The normalized spacial score (nSPS) is 15.9. The molecule has 2 rings (SSSR count).